The maximum atomic E-state index is 12.4. The summed E-state index contributed by atoms with van der Waals surface area (Å²) in [6.45, 7) is 4.83. The van der Waals surface area contributed by atoms with E-state index >= 15 is 0 Å². The normalized spacial score (nSPS) is 13.3. The molecule has 3 aromatic rings. The highest BCUT2D eigenvalue weighted by molar-refractivity contribution is 5.94. The average Bonchev–Trinajstić information content (AvgIpc) is 3.28. The van der Waals surface area contributed by atoms with Gasteiger partial charge >= 0.3 is 0 Å². The molecule has 0 unspecified atom stereocenters. The lowest BCUT2D eigenvalue weighted by Crippen LogP contribution is -2.22. The highest BCUT2D eigenvalue weighted by Crippen LogP contribution is 2.23. The lowest BCUT2D eigenvalue weighted by molar-refractivity contribution is 0.0950. The van der Waals surface area contributed by atoms with Crippen LogP contribution in [-0.2, 0) is 6.54 Å². The molecule has 1 aromatic heterocycles. The summed E-state index contributed by atoms with van der Waals surface area (Å²) in [6.07, 6.45) is 4.15. The summed E-state index contributed by atoms with van der Waals surface area (Å²) in [5.41, 5.74) is 5.07. The van der Waals surface area contributed by atoms with Gasteiger partial charge in [-0.1, -0.05) is 29.8 Å². The summed E-state index contributed by atoms with van der Waals surface area (Å²) < 4.78 is 0. The number of pyridine rings is 1. The number of amides is 1. The van der Waals surface area contributed by atoms with Gasteiger partial charge in [-0.25, -0.2) is 4.98 Å². The number of carbonyl (C=O) groups excluding carboxylic acids is 1. The minimum atomic E-state index is -0.125. The van der Waals surface area contributed by atoms with Crippen molar-refractivity contribution in [3.05, 3.63) is 83.6 Å². The minimum Gasteiger partial charge on any atom is -0.372 e. The van der Waals surface area contributed by atoms with Crippen molar-refractivity contribution in [2.75, 3.05) is 23.3 Å². The van der Waals surface area contributed by atoms with E-state index in [-0.39, 0.29) is 5.91 Å². The number of nitrogens with zero attached hydrogens (tertiary/aromatic N) is 2. The number of hydrogen-bond acceptors (Lipinski definition) is 4. The van der Waals surface area contributed by atoms with Crippen LogP contribution in [0.5, 0.6) is 0 Å². The first-order chi connectivity index (χ1) is 14.2. The lowest BCUT2D eigenvalue weighted by atomic mass is 10.1. The third kappa shape index (κ3) is 4.93. The van der Waals surface area contributed by atoms with Crippen molar-refractivity contribution in [3.63, 3.8) is 0 Å². The monoisotopic (exact) mass is 386 g/mol. The van der Waals surface area contributed by atoms with Crippen LogP contribution in [0.15, 0.2) is 66.9 Å². The van der Waals surface area contributed by atoms with Crippen molar-refractivity contribution in [3.8, 4) is 0 Å². The molecule has 0 saturated carbocycles. The number of hydrogen-bond donors (Lipinski definition) is 2. The number of aromatic nitrogens is 1. The second-order valence-corrected chi connectivity index (χ2v) is 7.47. The van der Waals surface area contributed by atoms with Crippen LogP contribution in [0.25, 0.3) is 0 Å². The quantitative estimate of drug-likeness (QED) is 0.647. The summed E-state index contributed by atoms with van der Waals surface area (Å²) in [5.74, 6) is 0.592. The first-order valence-corrected chi connectivity index (χ1v) is 10.1. The topological polar surface area (TPSA) is 57.3 Å². The lowest BCUT2D eigenvalue weighted by Gasteiger charge is -2.17. The zero-order valence-corrected chi connectivity index (χ0v) is 16.7. The maximum absolute atomic E-state index is 12.4. The summed E-state index contributed by atoms with van der Waals surface area (Å²) >= 11 is 0. The number of benzene rings is 2. The van der Waals surface area contributed by atoms with E-state index in [4.69, 9.17) is 0 Å². The van der Waals surface area contributed by atoms with E-state index in [1.165, 1.54) is 24.1 Å². The molecule has 2 aromatic carbocycles. The van der Waals surface area contributed by atoms with E-state index in [9.17, 15) is 4.79 Å². The Morgan fingerprint density at radius 3 is 2.52 bits per heavy atom. The Hall–Kier alpha value is -3.34. The van der Waals surface area contributed by atoms with Gasteiger partial charge < -0.3 is 15.5 Å². The second-order valence-electron chi connectivity index (χ2n) is 7.47. The predicted molar refractivity (Wildman–Crippen MR) is 118 cm³/mol. The largest absolute Gasteiger partial charge is 0.372 e. The molecule has 1 amide bonds. The number of carbonyl (C=O) groups is 1. The van der Waals surface area contributed by atoms with Gasteiger partial charge in [-0.05, 0) is 61.7 Å². The molecule has 0 atom stereocenters. The van der Waals surface area contributed by atoms with Crippen molar-refractivity contribution in [1.82, 2.24) is 10.3 Å². The van der Waals surface area contributed by atoms with Crippen molar-refractivity contribution < 1.29 is 4.79 Å². The van der Waals surface area contributed by atoms with Crippen molar-refractivity contribution in [2.24, 2.45) is 0 Å². The molecule has 2 heterocycles. The standard InChI is InChI=1S/C24H26N4O/c1-18-5-4-6-19(15-18)16-26-24(29)20-7-12-23(25-17-20)27-21-8-10-22(11-9-21)28-13-2-3-14-28/h4-12,15,17H,2-3,13-14,16H2,1H3,(H,25,27)(H,26,29). The fourth-order valence-corrected chi connectivity index (χ4v) is 3.59. The van der Waals surface area contributed by atoms with Crippen LogP contribution in [0.1, 0.15) is 34.3 Å². The van der Waals surface area contributed by atoms with E-state index in [2.05, 4.69) is 50.8 Å². The molecule has 148 valence electrons. The number of nitrogens with one attached hydrogen (secondary N) is 2. The number of anilines is 3. The molecule has 1 fully saturated rings. The SMILES string of the molecule is Cc1cccc(CNC(=O)c2ccc(Nc3ccc(N4CCCC4)cc3)nc2)c1. The fourth-order valence-electron chi connectivity index (χ4n) is 3.59. The van der Waals surface area contributed by atoms with Gasteiger partial charge in [0.25, 0.3) is 5.91 Å². The molecule has 4 rings (SSSR count). The van der Waals surface area contributed by atoms with Gasteiger partial charge in [-0.15, -0.1) is 0 Å². The highest BCUT2D eigenvalue weighted by atomic mass is 16.1. The molecule has 1 aliphatic heterocycles. The van der Waals surface area contributed by atoms with Crippen molar-refractivity contribution >= 4 is 23.1 Å². The first kappa shape index (κ1) is 19.0. The molecule has 1 saturated heterocycles. The molecule has 5 nitrogen and oxygen atoms in total. The molecule has 1 aliphatic rings. The predicted octanol–water partition coefficient (Wildman–Crippen LogP) is 4.66. The molecule has 29 heavy (non-hydrogen) atoms. The zero-order chi connectivity index (χ0) is 20.1. The van der Waals surface area contributed by atoms with Gasteiger partial charge in [-0.3, -0.25) is 4.79 Å². The molecule has 0 spiro atoms. The summed E-state index contributed by atoms with van der Waals surface area (Å²) in [4.78, 5) is 19.2. The molecule has 0 radical (unpaired) electrons. The summed E-state index contributed by atoms with van der Waals surface area (Å²) in [7, 11) is 0. The van der Waals surface area contributed by atoms with E-state index in [0.717, 1.165) is 24.3 Å². The molecule has 0 bridgehead atoms. The van der Waals surface area contributed by atoms with Gasteiger partial charge in [0.2, 0.25) is 0 Å². The highest BCUT2D eigenvalue weighted by Gasteiger charge is 2.12. The van der Waals surface area contributed by atoms with E-state index < -0.39 is 0 Å². The van der Waals surface area contributed by atoms with Crippen LogP contribution >= 0.6 is 0 Å². The van der Waals surface area contributed by atoms with E-state index in [1.807, 2.05) is 31.2 Å². The minimum absolute atomic E-state index is 0.125. The van der Waals surface area contributed by atoms with E-state index in [0.29, 0.717) is 17.9 Å². The van der Waals surface area contributed by atoms with Crippen LogP contribution < -0.4 is 15.5 Å². The Morgan fingerprint density at radius 1 is 1.03 bits per heavy atom. The van der Waals surface area contributed by atoms with Crippen LogP contribution in [-0.4, -0.2) is 24.0 Å². The van der Waals surface area contributed by atoms with Crippen LogP contribution in [0.4, 0.5) is 17.2 Å². The molecule has 5 heteroatoms. The zero-order valence-electron chi connectivity index (χ0n) is 16.7. The Kier molecular flexibility index (Phi) is 5.75. The van der Waals surface area contributed by atoms with E-state index in [1.54, 1.807) is 12.3 Å². The van der Waals surface area contributed by atoms with Gasteiger partial charge in [0, 0.05) is 37.2 Å². The van der Waals surface area contributed by atoms with Crippen LogP contribution in [0.3, 0.4) is 0 Å². The third-order valence-electron chi connectivity index (χ3n) is 5.17. The number of aryl methyl sites for hydroxylation is 1. The number of rotatable bonds is 6. The summed E-state index contributed by atoms with van der Waals surface area (Å²) in [6, 6.07) is 20.2. The Bertz CT molecular complexity index is 961. The van der Waals surface area contributed by atoms with Crippen LogP contribution in [0.2, 0.25) is 0 Å². The molecular weight excluding hydrogens is 360 g/mol. The third-order valence-corrected chi connectivity index (χ3v) is 5.17. The van der Waals surface area contributed by atoms with Crippen molar-refractivity contribution in [2.45, 2.75) is 26.3 Å². The first-order valence-electron chi connectivity index (χ1n) is 10.1. The van der Waals surface area contributed by atoms with Gasteiger partial charge in [0.15, 0.2) is 0 Å². The smallest absolute Gasteiger partial charge is 0.253 e. The molecular formula is C24H26N4O. The fraction of sp³-hybridized carbons (Fsp3) is 0.250. The Balaban J connectivity index is 1.33. The average molecular weight is 386 g/mol. The Labute approximate surface area is 171 Å². The molecule has 2 N–H and O–H groups in total. The van der Waals surface area contributed by atoms with Gasteiger partial charge in [0.1, 0.15) is 5.82 Å². The maximum Gasteiger partial charge on any atom is 0.253 e. The van der Waals surface area contributed by atoms with Crippen LogP contribution in [0, 0.1) is 6.92 Å². The van der Waals surface area contributed by atoms with Crippen molar-refractivity contribution in [1.29, 1.82) is 0 Å². The van der Waals surface area contributed by atoms with Gasteiger partial charge in [0.05, 0.1) is 5.56 Å². The second kappa shape index (κ2) is 8.78. The molecule has 0 aliphatic carbocycles. The summed E-state index contributed by atoms with van der Waals surface area (Å²) in [5, 5.41) is 6.23. The van der Waals surface area contributed by atoms with Gasteiger partial charge in [-0.2, -0.15) is 0 Å². The Morgan fingerprint density at radius 2 is 1.83 bits per heavy atom.